The van der Waals surface area contributed by atoms with Crippen molar-refractivity contribution in [2.24, 2.45) is 0 Å². The summed E-state index contributed by atoms with van der Waals surface area (Å²) >= 11 is 3.41. The highest BCUT2D eigenvalue weighted by Crippen LogP contribution is 2.21. The van der Waals surface area contributed by atoms with E-state index in [4.69, 9.17) is 9.47 Å². The molecular formula is C10H11BrO2. The van der Waals surface area contributed by atoms with Crippen LogP contribution in [0.5, 0.6) is 0 Å². The van der Waals surface area contributed by atoms with Crippen molar-refractivity contribution in [2.45, 2.75) is 5.92 Å². The lowest BCUT2D eigenvalue weighted by Gasteiger charge is -2.22. The van der Waals surface area contributed by atoms with Crippen LogP contribution in [0.2, 0.25) is 0 Å². The third-order valence-corrected chi connectivity index (χ3v) is 2.67. The maximum Gasteiger partial charge on any atom is 0.146 e. The molecular weight excluding hydrogens is 232 g/mol. The second kappa shape index (κ2) is 4.22. The number of rotatable bonds is 1. The maximum absolute atomic E-state index is 5.23. The summed E-state index contributed by atoms with van der Waals surface area (Å²) in [7, 11) is 0. The molecule has 0 spiro atoms. The molecule has 3 heteroatoms. The SMILES string of the molecule is Brc1ccc(C2COCOC2)cc1. The molecule has 0 unspecified atom stereocenters. The number of halogens is 1. The molecule has 1 fully saturated rings. The summed E-state index contributed by atoms with van der Waals surface area (Å²) in [5, 5.41) is 0. The van der Waals surface area contributed by atoms with Gasteiger partial charge < -0.3 is 9.47 Å². The number of benzene rings is 1. The Balaban J connectivity index is 2.10. The zero-order chi connectivity index (χ0) is 9.10. The predicted octanol–water partition coefficient (Wildman–Crippen LogP) is 2.54. The van der Waals surface area contributed by atoms with Gasteiger partial charge in [0.2, 0.25) is 0 Å². The zero-order valence-electron chi connectivity index (χ0n) is 7.20. The van der Waals surface area contributed by atoms with Crippen molar-refractivity contribution in [1.82, 2.24) is 0 Å². The summed E-state index contributed by atoms with van der Waals surface area (Å²) in [4.78, 5) is 0. The van der Waals surface area contributed by atoms with Gasteiger partial charge in [0.25, 0.3) is 0 Å². The molecule has 70 valence electrons. The van der Waals surface area contributed by atoms with Gasteiger partial charge in [0.1, 0.15) is 6.79 Å². The van der Waals surface area contributed by atoms with Crippen LogP contribution in [0.4, 0.5) is 0 Å². The van der Waals surface area contributed by atoms with E-state index in [9.17, 15) is 0 Å². The fraction of sp³-hybridized carbons (Fsp3) is 0.400. The summed E-state index contributed by atoms with van der Waals surface area (Å²) in [5.74, 6) is 0.391. The van der Waals surface area contributed by atoms with Crippen LogP contribution in [-0.4, -0.2) is 20.0 Å². The van der Waals surface area contributed by atoms with Crippen LogP contribution in [0.3, 0.4) is 0 Å². The van der Waals surface area contributed by atoms with Gasteiger partial charge in [-0.05, 0) is 17.7 Å². The molecule has 1 aromatic carbocycles. The largest absolute Gasteiger partial charge is 0.355 e. The molecule has 0 atom stereocenters. The Hall–Kier alpha value is -0.380. The van der Waals surface area contributed by atoms with Gasteiger partial charge >= 0.3 is 0 Å². The molecule has 1 aliphatic rings. The Kier molecular flexibility index (Phi) is 2.98. The standard InChI is InChI=1S/C10H11BrO2/c11-10-3-1-8(2-4-10)9-5-12-7-13-6-9/h1-4,9H,5-7H2. The van der Waals surface area contributed by atoms with E-state index in [0.29, 0.717) is 12.7 Å². The lowest BCUT2D eigenvalue weighted by Crippen LogP contribution is -2.22. The molecule has 0 saturated carbocycles. The molecule has 2 rings (SSSR count). The molecule has 0 aliphatic carbocycles. The van der Waals surface area contributed by atoms with Gasteiger partial charge in [0.15, 0.2) is 0 Å². The Morgan fingerprint density at radius 3 is 2.31 bits per heavy atom. The second-order valence-corrected chi connectivity index (χ2v) is 4.02. The second-order valence-electron chi connectivity index (χ2n) is 3.11. The van der Waals surface area contributed by atoms with E-state index >= 15 is 0 Å². The highest BCUT2D eigenvalue weighted by atomic mass is 79.9. The van der Waals surface area contributed by atoms with Crippen LogP contribution in [0, 0.1) is 0 Å². The first-order chi connectivity index (χ1) is 6.36. The minimum Gasteiger partial charge on any atom is -0.355 e. The van der Waals surface area contributed by atoms with Crippen molar-refractivity contribution < 1.29 is 9.47 Å². The van der Waals surface area contributed by atoms with Crippen LogP contribution in [0.25, 0.3) is 0 Å². The molecule has 2 nitrogen and oxygen atoms in total. The quantitative estimate of drug-likeness (QED) is 0.754. The van der Waals surface area contributed by atoms with Gasteiger partial charge in [-0.1, -0.05) is 28.1 Å². The predicted molar refractivity (Wildman–Crippen MR) is 53.7 cm³/mol. The Labute approximate surface area is 86.0 Å². The molecule has 1 saturated heterocycles. The van der Waals surface area contributed by atoms with E-state index in [1.54, 1.807) is 0 Å². The van der Waals surface area contributed by atoms with Crippen molar-refractivity contribution in [2.75, 3.05) is 20.0 Å². The zero-order valence-corrected chi connectivity index (χ0v) is 8.79. The van der Waals surface area contributed by atoms with Crippen molar-refractivity contribution in [3.05, 3.63) is 34.3 Å². The van der Waals surface area contributed by atoms with Gasteiger partial charge in [-0.2, -0.15) is 0 Å². The van der Waals surface area contributed by atoms with E-state index in [0.717, 1.165) is 17.7 Å². The molecule has 0 radical (unpaired) electrons. The summed E-state index contributed by atoms with van der Waals surface area (Å²) in [6.45, 7) is 1.97. The van der Waals surface area contributed by atoms with Crippen LogP contribution in [0.1, 0.15) is 11.5 Å². The van der Waals surface area contributed by atoms with Crippen molar-refractivity contribution in [3.8, 4) is 0 Å². The fourth-order valence-electron chi connectivity index (χ4n) is 1.42. The fourth-order valence-corrected chi connectivity index (χ4v) is 1.68. The summed E-state index contributed by atoms with van der Waals surface area (Å²) in [6, 6.07) is 8.30. The molecule has 0 bridgehead atoms. The lowest BCUT2D eigenvalue weighted by molar-refractivity contribution is -0.108. The molecule has 0 aromatic heterocycles. The van der Waals surface area contributed by atoms with E-state index in [-0.39, 0.29) is 0 Å². The molecule has 1 heterocycles. The monoisotopic (exact) mass is 242 g/mol. The highest BCUT2D eigenvalue weighted by Gasteiger charge is 2.15. The topological polar surface area (TPSA) is 18.5 Å². The molecule has 0 amide bonds. The van der Waals surface area contributed by atoms with Crippen LogP contribution < -0.4 is 0 Å². The first-order valence-electron chi connectivity index (χ1n) is 4.27. The van der Waals surface area contributed by atoms with Crippen molar-refractivity contribution in [3.63, 3.8) is 0 Å². The summed E-state index contributed by atoms with van der Waals surface area (Å²) in [5.41, 5.74) is 1.28. The number of hydrogen-bond acceptors (Lipinski definition) is 2. The third kappa shape index (κ3) is 2.30. The third-order valence-electron chi connectivity index (χ3n) is 2.15. The first-order valence-corrected chi connectivity index (χ1v) is 5.06. The summed E-state index contributed by atoms with van der Waals surface area (Å²) < 4.78 is 11.6. The maximum atomic E-state index is 5.23. The van der Waals surface area contributed by atoms with Crippen LogP contribution in [-0.2, 0) is 9.47 Å². The van der Waals surface area contributed by atoms with Gasteiger partial charge in [-0.25, -0.2) is 0 Å². The van der Waals surface area contributed by atoms with Gasteiger partial charge in [-0.3, -0.25) is 0 Å². The van der Waals surface area contributed by atoms with E-state index < -0.39 is 0 Å². The normalized spacial score (nSPS) is 18.8. The Morgan fingerprint density at radius 1 is 1.08 bits per heavy atom. The molecule has 13 heavy (non-hydrogen) atoms. The smallest absolute Gasteiger partial charge is 0.146 e. The minimum absolute atomic E-state index is 0.391. The molecule has 1 aromatic rings. The van der Waals surface area contributed by atoms with Gasteiger partial charge in [0, 0.05) is 10.4 Å². The average Bonchev–Trinajstić information content (AvgIpc) is 2.20. The number of hydrogen-bond donors (Lipinski definition) is 0. The lowest BCUT2D eigenvalue weighted by atomic mass is 10.0. The summed E-state index contributed by atoms with van der Waals surface area (Å²) in [6.07, 6.45) is 0. The average molecular weight is 243 g/mol. The van der Waals surface area contributed by atoms with E-state index in [1.165, 1.54) is 5.56 Å². The van der Waals surface area contributed by atoms with E-state index in [2.05, 4.69) is 28.1 Å². The Morgan fingerprint density at radius 2 is 1.69 bits per heavy atom. The highest BCUT2D eigenvalue weighted by molar-refractivity contribution is 9.10. The first kappa shape index (κ1) is 9.19. The number of ether oxygens (including phenoxy) is 2. The van der Waals surface area contributed by atoms with Crippen LogP contribution >= 0.6 is 15.9 Å². The van der Waals surface area contributed by atoms with E-state index in [1.807, 2.05) is 12.1 Å². The molecule has 1 aliphatic heterocycles. The van der Waals surface area contributed by atoms with Crippen LogP contribution in [0.15, 0.2) is 28.7 Å². The van der Waals surface area contributed by atoms with Gasteiger partial charge in [-0.15, -0.1) is 0 Å². The van der Waals surface area contributed by atoms with Crippen molar-refractivity contribution >= 4 is 15.9 Å². The Bertz CT molecular complexity index is 265. The van der Waals surface area contributed by atoms with Gasteiger partial charge in [0.05, 0.1) is 13.2 Å². The molecule has 0 N–H and O–H groups in total. The van der Waals surface area contributed by atoms with Crippen molar-refractivity contribution in [1.29, 1.82) is 0 Å². The minimum atomic E-state index is 0.391.